The van der Waals surface area contributed by atoms with Crippen molar-refractivity contribution in [3.05, 3.63) is 36.1 Å². The summed E-state index contributed by atoms with van der Waals surface area (Å²) in [4.78, 5) is 0. The van der Waals surface area contributed by atoms with E-state index in [0.29, 0.717) is 6.04 Å². The van der Waals surface area contributed by atoms with Gasteiger partial charge < -0.3 is 9.73 Å². The quantitative estimate of drug-likeness (QED) is 0.885. The Hall–Kier alpha value is -0.990. The number of hydrogen-bond donors (Lipinski definition) is 1. The second kappa shape index (κ2) is 5.92. The highest BCUT2D eigenvalue weighted by molar-refractivity contribution is 5.85. The topological polar surface area (TPSA) is 25.2 Å². The fourth-order valence-electron chi connectivity index (χ4n) is 1.92. The number of fused-ring (bicyclic) bond motifs is 1. The Bertz CT molecular complexity index is 438. The van der Waals surface area contributed by atoms with Crippen LogP contribution in [0.2, 0.25) is 0 Å². The minimum atomic E-state index is 0. The molecule has 0 aliphatic rings. The smallest absolute Gasteiger partial charge is 0.133 e. The van der Waals surface area contributed by atoms with Gasteiger partial charge in [-0.15, -0.1) is 12.4 Å². The third kappa shape index (κ3) is 3.00. The first-order chi connectivity index (χ1) is 7.29. The van der Waals surface area contributed by atoms with E-state index in [-0.39, 0.29) is 12.4 Å². The van der Waals surface area contributed by atoms with Gasteiger partial charge in [0.2, 0.25) is 0 Å². The molecular formula is C13H18ClNO. The van der Waals surface area contributed by atoms with Gasteiger partial charge in [-0.25, -0.2) is 0 Å². The summed E-state index contributed by atoms with van der Waals surface area (Å²) in [5.74, 6) is 0. The van der Waals surface area contributed by atoms with Crippen molar-refractivity contribution in [1.82, 2.24) is 5.32 Å². The zero-order valence-electron chi connectivity index (χ0n) is 9.69. The van der Waals surface area contributed by atoms with Crippen LogP contribution in [0.3, 0.4) is 0 Å². The number of furan rings is 1. The van der Waals surface area contributed by atoms with Gasteiger partial charge in [-0.2, -0.15) is 0 Å². The third-order valence-electron chi connectivity index (χ3n) is 2.61. The monoisotopic (exact) mass is 239 g/mol. The van der Waals surface area contributed by atoms with Crippen LogP contribution in [0.15, 0.2) is 34.9 Å². The highest BCUT2D eigenvalue weighted by atomic mass is 35.5. The molecule has 0 spiro atoms. The lowest BCUT2D eigenvalue weighted by Gasteiger charge is -2.11. The lowest BCUT2D eigenvalue weighted by Crippen LogP contribution is -2.27. The molecule has 0 aliphatic carbocycles. The highest BCUT2D eigenvalue weighted by Gasteiger charge is 2.03. The SMILES string of the molecule is CCNC(C)Cc1ccc2occc2c1.Cl. The fraction of sp³-hybridized carbons (Fsp3) is 0.385. The van der Waals surface area contributed by atoms with Crippen molar-refractivity contribution in [1.29, 1.82) is 0 Å². The Kier molecular flexibility index (Phi) is 4.84. The second-order valence-corrected chi connectivity index (χ2v) is 3.96. The van der Waals surface area contributed by atoms with Crippen molar-refractivity contribution < 1.29 is 4.42 Å². The van der Waals surface area contributed by atoms with Gasteiger partial charge in [-0.3, -0.25) is 0 Å². The minimum absolute atomic E-state index is 0. The largest absolute Gasteiger partial charge is 0.464 e. The summed E-state index contributed by atoms with van der Waals surface area (Å²) in [5.41, 5.74) is 2.33. The summed E-state index contributed by atoms with van der Waals surface area (Å²) >= 11 is 0. The van der Waals surface area contributed by atoms with E-state index in [1.165, 1.54) is 10.9 Å². The van der Waals surface area contributed by atoms with Crippen molar-refractivity contribution in [3.8, 4) is 0 Å². The van der Waals surface area contributed by atoms with Gasteiger partial charge >= 0.3 is 0 Å². The first-order valence-electron chi connectivity index (χ1n) is 5.49. The third-order valence-corrected chi connectivity index (χ3v) is 2.61. The predicted molar refractivity (Wildman–Crippen MR) is 70.3 cm³/mol. The summed E-state index contributed by atoms with van der Waals surface area (Å²) < 4.78 is 5.31. The Morgan fingerprint density at radius 3 is 2.88 bits per heavy atom. The number of nitrogens with one attached hydrogen (secondary N) is 1. The van der Waals surface area contributed by atoms with Crippen molar-refractivity contribution >= 4 is 23.4 Å². The molecule has 0 amide bonds. The Labute approximate surface area is 102 Å². The average Bonchev–Trinajstić information content (AvgIpc) is 2.65. The maximum absolute atomic E-state index is 5.31. The summed E-state index contributed by atoms with van der Waals surface area (Å²) in [6.45, 7) is 5.37. The molecule has 3 heteroatoms. The number of rotatable bonds is 4. The van der Waals surface area contributed by atoms with Crippen LogP contribution >= 0.6 is 12.4 Å². The number of hydrogen-bond acceptors (Lipinski definition) is 2. The van der Waals surface area contributed by atoms with E-state index in [9.17, 15) is 0 Å². The molecule has 1 N–H and O–H groups in total. The van der Waals surface area contributed by atoms with Crippen LogP contribution in [-0.2, 0) is 6.42 Å². The molecule has 1 atom stereocenters. The Morgan fingerprint density at radius 1 is 1.31 bits per heavy atom. The maximum atomic E-state index is 5.31. The van der Waals surface area contributed by atoms with Crippen molar-refractivity contribution in [2.75, 3.05) is 6.54 Å². The molecule has 1 aromatic carbocycles. The van der Waals surface area contributed by atoms with E-state index in [1.807, 2.05) is 12.1 Å². The van der Waals surface area contributed by atoms with Crippen LogP contribution in [0.5, 0.6) is 0 Å². The van der Waals surface area contributed by atoms with Crippen molar-refractivity contribution in [3.63, 3.8) is 0 Å². The van der Waals surface area contributed by atoms with Crippen LogP contribution in [0.4, 0.5) is 0 Å². The molecule has 0 bridgehead atoms. The van der Waals surface area contributed by atoms with Gasteiger partial charge in [0, 0.05) is 11.4 Å². The van der Waals surface area contributed by atoms with E-state index in [1.54, 1.807) is 6.26 Å². The number of likely N-dealkylation sites (N-methyl/N-ethyl adjacent to an activating group) is 1. The van der Waals surface area contributed by atoms with Gasteiger partial charge in [0.25, 0.3) is 0 Å². The van der Waals surface area contributed by atoms with Crippen molar-refractivity contribution in [2.45, 2.75) is 26.3 Å². The standard InChI is InChI=1S/C13H17NO.ClH/c1-3-14-10(2)8-11-4-5-13-12(9-11)6-7-15-13;/h4-7,9-10,14H,3,8H2,1-2H3;1H. The van der Waals surface area contributed by atoms with Crippen LogP contribution < -0.4 is 5.32 Å². The lowest BCUT2D eigenvalue weighted by molar-refractivity contribution is 0.565. The molecule has 1 unspecified atom stereocenters. The van der Waals surface area contributed by atoms with Gasteiger partial charge in [0.05, 0.1) is 6.26 Å². The number of benzene rings is 1. The van der Waals surface area contributed by atoms with Crippen LogP contribution in [0.1, 0.15) is 19.4 Å². The van der Waals surface area contributed by atoms with Gasteiger partial charge in [0.1, 0.15) is 5.58 Å². The zero-order chi connectivity index (χ0) is 10.7. The summed E-state index contributed by atoms with van der Waals surface area (Å²) in [6, 6.07) is 8.92. The van der Waals surface area contributed by atoms with E-state index >= 15 is 0 Å². The van der Waals surface area contributed by atoms with Crippen molar-refractivity contribution in [2.24, 2.45) is 0 Å². The van der Waals surface area contributed by atoms with E-state index < -0.39 is 0 Å². The fourth-order valence-corrected chi connectivity index (χ4v) is 1.92. The van der Waals surface area contributed by atoms with Gasteiger partial charge in [-0.05, 0) is 43.7 Å². The van der Waals surface area contributed by atoms with E-state index in [4.69, 9.17) is 4.42 Å². The molecule has 1 heterocycles. The molecule has 1 aromatic heterocycles. The molecular weight excluding hydrogens is 222 g/mol. The molecule has 2 rings (SSSR count). The molecule has 2 nitrogen and oxygen atoms in total. The molecule has 0 saturated carbocycles. The molecule has 0 radical (unpaired) electrons. The summed E-state index contributed by atoms with van der Waals surface area (Å²) in [5, 5.41) is 4.60. The first-order valence-corrected chi connectivity index (χ1v) is 5.49. The summed E-state index contributed by atoms with van der Waals surface area (Å²) in [6.07, 6.45) is 2.80. The molecule has 16 heavy (non-hydrogen) atoms. The van der Waals surface area contributed by atoms with Crippen LogP contribution in [0.25, 0.3) is 11.0 Å². The average molecular weight is 240 g/mol. The number of halogens is 1. The predicted octanol–water partition coefficient (Wildman–Crippen LogP) is 3.40. The molecule has 0 fully saturated rings. The molecule has 0 aliphatic heterocycles. The Morgan fingerprint density at radius 2 is 2.12 bits per heavy atom. The van der Waals surface area contributed by atoms with E-state index in [0.717, 1.165) is 18.5 Å². The first kappa shape index (κ1) is 13.1. The summed E-state index contributed by atoms with van der Waals surface area (Å²) in [7, 11) is 0. The molecule has 0 saturated heterocycles. The van der Waals surface area contributed by atoms with Gasteiger partial charge in [-0.1, -0.05) is 13.0 Å². The molecule has 2 aromatic rings. The van der Waals surface area contributed by atoms with Crippen LogP contribution in [0, 0.1) is 0 Å². The lowest BCUT2D eigenvalue weighted by atomic mass is 10.1. The molecule has 88 valence electrons. The normalized spacial score (nSPS) is 12.4. The van der Waals surface area contributed by atoms with E-state index in [2.05, 4.69) is 31.3 Å². The van der Waals surface area contributed by atoms with Crippen LogP contribution in [-0.4, -0.2) is 12.6 Å². The second-order valence-electron chi connectivity index (χ2n) is 3.96. The minimum Gasteiger partial charge on any atom is -0.464 e. The maximum Gasteiger partial charge on any atom is 0.133 e. The Balaban J connectivity index is 0.00000128. The highest BCUT2D eigenvalue weighted by Crippen LogP contribution is 2.17. The van der Waals surface area contributed by atoms with Gasteiger partial charge in [0.15, 0.2) is 0 Å². The zero-order valence-corrected chi connectivity index (χ0v) is 10.5.